The average Bonchev–Trinajstić information content (AvgIpc) is 3.96. The molecule has 2 atom stereocenters. The Morgan fingerprint density at radius 2 is 1.12 bits per heavy atom. The summed E-state index contributed by atoms with van der Waals surface area (Å²) in [5, 5.41) is 8.59. The van der Waals surface area contributed by atoms with Crippen LogP contribution < -0.4 is 5.32 Å². The minimum Gasteiger partial charge on any atom is -0.456 e. The number of para-hydroxylation sites is 1. The average molecular weight is 876 g/mol. The SMILES string of the molecule is CC1=C(c2ccccc2)NC(c2ccc3c(c2)oc2cc(-c4cccc(-c5ccccc5)c4)ccc23)=N[C@H](c2cccc(-n3c4ccccc4c4cc5c(cc43)C(C)(C)c3ccccc3-5)c2)C1C. The molecule has 0 bridgehead atoms. The summed E-state index contributed by atoms with van der Waals surface area (Å²) in [6.07, 6.45) is 0. The second kappa shape index (κ2) is 15.4. The van der Waals surface area contributed by atoms with Crippen molar-refractivity contribution in [1.29, 1.82) is 0 Å². The van der Waals surface area contributed by atoms with Crippen LogP contribution in [-0.4, -0.2) is 10.4 Å². The lowest BCUT2D eigenvalue weighted by Crippen LogP contribution is -2.23. The molecule has 0 saturated carbocycles. The Kier molecular flexibility index (Phi) is 9.10. The summed E-state index contributed by atoms with van der Waals surface area (Å²) in [5.74, 6) is 0.901. The zero-order valence-corrected chi connectivity index (χ0v) is 38.6. The van der Waals surface area contributed by atoms with Crippen LogP contribution >= 0.6 is 0 Å². The van der Waals surface area contributed by atoms with Gasteiger partial charge in [0.25, 0.3) is 0 Å². The van der Waals surface area contributed by atoms with Crippen LogP contribution in [0.25, 0.3) is 88.5 Å². The molecule has 0 amide bonds. The van der Waals surface area contributed by atoms with E-state index in [2.05, 4.69) is 244 Å². The lowest BCUT2D eigenvalue weighted by molar-refractivity contribution is 0.546. The predicted octanol–water partition coefficient (Wildman–Crippen LogP) is 16.5. The minimum atomic E-state index is -0.176. The number of amidine groups is 1. The van der Waals surface area contributed by atoms with Crippen molar-refractivity contribution < 1.29 is 4.42 Å². The first kappa shape index (κ1) is 40.1. The van der Waals surface area contributed by atoms with E-state index < -0.39 is 0 Å². The Balaban J connectivity index is 0.928. The van der Waals surface area contributed by atoms with E-state index in [1.54, 1.807) is 0 Å². The fourth-order valence-corrected chi connectivity index (χ4v) is 11.3. The number of aliphatic imine (C=N–C) groups is 1. The van der Waals surface area contributed by atoms with E-state index in [9.17, 15) is 0 Å². The summed E-state index contributed by atoms with van der Waals surface area (Å²) in [5.41, 5.74) is 20.9. The number of furan rings is 1. The van der Waals surface area contributed by atoms with Gasteiger partial charge in [-0.05, 0) is 129 Å². The molecule has 11 aromatic rings. The third-order valence-electron chi connectivity index (χ3n) is 15.0. The fourth-order valence-electron chi connectivity index (χ4n) is 11.3. The zero-order valence-electron chi connectivity index (χ0n) is 38.6. The molecular formula is C64H49N3O. The first-order valence-electron chi connectivity index (χ1n) is 23.8. The normalized spacial score (nSPS) is 16.5. The summed E-state index contributed by atoms with van der Waals surface area (Å²) in [6.45, 7) is 9.31. The van der Waals surface area contributed by atoms with Gasteiger partial charge in [-0.2, -0.15) is 0 Å². The van der Waals surface area contributed by atoms with Gasteiger partial charge in [0.2, 0.25) is 0 Å². The highest BCUT2D eigenvalue weighted by Gasteiger charge is 2.36. The maximum atomic E-state index is 6.75. The van der Waals surface area contributed by atoms with Crippen molar-refractivity contribution in [3.8, 4) is 39.1 Å². The van der Waals surface area contributed by atoms with Crippen LogP contribution in [-0.2, 0) is 5.41 Å². The molecule has 4 nitrogen and oxygen atoms in total. The highest BCUT2D eigenvalue weighted by Crippen LogP contribution is 2.51. The molecule has 13 rings (SSSR count). The van der Waals surface area contributed by atoms with Crippen molar-refractivity contribution in [1.82, 2.24) is 9.88 Å². The van der Waals surface area contributed by atoms with E-state index in [4.69, 9.17) is 9.41 Å². The van der Waals surface area contributed by atoms with Crippen LogP contribution in [0.5, 0.6) is 0 Å². The molecule has 2 aromatic heterocycles. The van der Waals surface area contributed by atoms with Crippen LogP contribution in [0.15, 0.2) is 221 Å². The van der Waals surface area contributed by atoms with Crippen molar-refractivity contribution in [3.63, 3.8) is 0 Å². The molecule has 0 radical (unpaired) electrons. The number of nitrogens with zero attached hydrogens (tertiary/aromatic N) is 2. The highest BCUT2D eigenvalue weighted by atomic mass is 16.3. The molecule has 68 heavy (non-hydrogen) atoms. The molecule has 4 heteroatoms. The van der Waals surface area contributed by atoms with Gasteiger partial charge in [-0.25, -0.2) is 0 Å². The van der Waals surface area contributed by atoms with Crippen LogP contribution in [0.1, 0.15) is 61.6 Å². The molecule has 1 N–H and O–H groups in total. The molecule has 3 heterocycles. The largest absolute Gasteiger partial charge is 0.456 e. The van der Waals surface area contributed by atoms with Gasteiger partial charge in [0.1, 0.15) is 17.0 Å². The van der Waals surface area contributed by atoms with Crippen molar-refractivity contribution >= 4 is 55.3 Å². The minimum absolute atomic E-state index is 0.0833. The fraction of sp³-hybridized carbons (Fsp3) is 0.109. The molecule has 326 valence electrons. The Morgan fingerprint density at radius 3 is 1.91 bits per heavy atom. The predicted molar refractivity (Wildman–Crippen MR) is 284 cm³/mol. The van der Waals surface area contributed by atoms with E-state index in [1.807, 2.05) is 0 Å². The van der Waals surface area contributed by atoms with Crippen molar-refractivity contribution in [2.45, 2.75) is 39.2 Å². The summed E-state index contributed by atoms with van der Waals surface area (Å²) in [4.78, 5) is 5.72. The standard InChI is InChI=1S/C64H49N3O/c1-39-40(2)62(46-23-16-24-48(34-46)67-57-28-14-12-26-50(57)54-37-53-49-25-11-13-27-55(49)64(3,4)56(53)38-58(54)67)66-63(65-61(39)42-19-9-6-10-20-42)47-30-32-52-51-31-29-45(35-59(51)68-60(52)36-47)44-22-15-21-43(33-44)41-17-7-5-8-18-41/h5-38,40,62H,1-4H3,(H,65,66)/t40?,62-/m0/s1. The van der Waals surface area contributed by atoms with Crippen LogP contribution in [0.2, 0.25) is 0 Å². The molecule has 2 aliphatic rings. The maximum absolute atomic E-state index is 6.75. The Bertz CT molecular complexity index is 3880. The Labute approximate surface area is 396 Å². The number of hydrogen-bond acceptors (Lipinski definition) is 3. The van der Waals surface area contributed by atoms with Gasteiger partial charge in [-0.3, -0.25) is 4.99 Å². The number of rotatable bonds is 6. The first-order chi connectivity index (χ1) is 33.3. The number of fused-ring (bicyclic) bond motifs is 9. The van der Waals surface area contributed by atoms with E-state index in [0.717, 1.165) is 67.0 Å². The van der Waals surface area contributed by atoms with Gasteiger partial charge < -0.3 is 14.3 Å². The molecule has 1 unspecified atom stereocenters. The number of nitrogens with one attached hydrogen (secondary N) is 1. The highest BCUT2D eigenvalue weighted by molar-refractivity contribution is 6.12. The molecule has 0 saturated heterocycles. The van der Waals surface area contributed by atoms with Crippen molar-refractivity contribution in [3.05, 3.63) is 240 Å². The Hall–Kier alpha value is -8.21. The molecule has 0 spiro atoms. The third-order valence-corrected chi connectivity index (χ3v) is 15.0. The summed E-state index contributed by atoms with van der Waals surface area (Å²) < 4.78 is 9.22. The third kappa shape index (κ3) is 6.32. The van der Waals surface area contributed by atoms with E-state index >= 15 is 0 Å². The van der Waals surface area contributed by atoms with E-state index in [0.29, 0.717) is 0 Å². The van der Waals surface area contributed by atoms with Gasteiger partial charge in [-0.15, -0.1) is 0 Å². The van der Waals surface area contributed by atoms with Gasteiger partial charge in [0, 0.05) is 49.8 Å². The smallest absolute Gasteiger partial charge is 0.136 e. The molecule has 9 aromatic carbocycles. The Morgan fingerprint density at radius 1 is 0.485 bits per heavy atom. The van der Waals surface area contributed by atoms with Crippen LogP contribution in [0.4, 0.5) is 0 Å². The molecular weight excluding hydrogens is 827 g/mol. The summed E-state index contributed by atoms with van der Waals surface area (Å²) in [7, 11) is 0. The quantitative estimate of drug-likeness (QED) is 0.181. The second-order valence-electron chi connectivity index (χ2n) is 19.3. The number of aromatic nitrogens is 1. The number of benzene rings is 9. The van der Waals surface area contributed by atoms with Gasteiger partial charge in [-0.1, -0.05) is 166 Å². The lowest BCUT2D eigenvalue weighted by atomic mass is 9.82. The number of hydrogen-bond donors (Lipinski definition) is 1. The van der Waals surface area contributed by atoms with Gasteiger partial charge in [0.05, 0.1) is 17.1 Å². The summed E-state index contributed by atoms with van der Waals surface area (Å²) in [6, 6.07) is 74.7. The van der Waals surface area contributed by atoms with Crippen molar-refractivity contribution in [2.75, 3.05) is 0 Å². The molecule has 1 aliphatic carbocycles. The maximum Gasteiger partial charge on any atom is 0.136 e. The van der Waals surface area contributed by atoms with Crippen LogP contribution in [0.3, 0.4) is 0 Å². The molecule has 0 fully saturated rings. The van der Waals surface area contributed by atoms with Gasteiger partial charge >= 0.3 is 0 Å². The van der Waals surface area contributed by atoms with E-state index in [1.165, 1.54) is 60.8 Å². The zero-order chi connectivity index (χ0) is 45.7. The molecule has 1 aliphatic heterocycles. The van der Waals surface area contributed by atoms with Crippen molar-refractivity contribution in [2.24, 2.45) is 10.9 Å². The topological polar surface area (TPSA) is 42.5 Å². The van der Waals surface area contributed by atoms with Gasteiger partial charge in [0.15, 0.2) is 0 Å². The van der Waals surface area contributed by atoms with Crippen LogP contribution in [0, 0.1) is 5.92 Å². The lowest BCUT2D eigenvalue weighted by Gasteiger charge is -2.23. The monoisotopic (exact) mass is 875 g/mol. The summed E-state index contributed by atoms with van der Waals surface area (Å²) >= 11 is 0. The second-order valence-corrected chi connectivity index (χ2v) is 19.3. The van der Waals surface area contributed by atoms with E-state index in [-0.39, 0.29) is 17.4 Å². The first-order valence-corrected chi connectivity index (χ1v) is 23.8.